The molecule has 5 heteroatoms. The highest BCUT2D eigenvalue weighted by atomic mass is 16.2. The highest BCUT2D eigenvalue weighted by molar-refractivity contribution is 5.98. The zero-order valence-corrected chi connectivity index (χ0v) is 18.3. The Morgan fingerprint density at radius 3 is 2.56 bits per heavy atom. The van der Waals surface area contributed by atoms with Crippen molar-refractivity contribution in [2.75, 3.05) is 12.4 Å². The van der Waals surface area contributed by atoms with Gasteiger partial charge in [0.05, 0.1) is 6.04 Å². The van der Waals surface area contributed by atoms with E-state index in [2.05, 4.69) is 33.5 Å². The lowest BCUT2D eigenvalue weighted by Gasteiger charge is -2.13. The number of carbonyl (C=O) groups excluding carboxylic acids is 1. The molecule has 32 heavy (non-hydrogen) atoms. The second-order valence-electron chi connectivity index (χ2n) is 7.61. The number of benzene rings is 2. The summed E-state index contributed by atoms with van der Waals surface area (Å²) in [7, 11) is 1.74. The fraction of sp³-hybridized carbons (Fsp3) is 0.148. The second-order valence-corrected chi connectivity index (χ2v) is 7.61. The average molecular weight is 421 g/mol. The molecule has 2 heterocycles. The first-order valence-corrected chi connectivity index (χ1v) is 10.5. The van der Waals surface area contributed by atoms with Crippen LogP contribution in [0.5, 0.6) is 0 Å². The molecule has 0 fully saturated rings. The monoisotopic (exact) mass is 420 g/mol. The van der Waals surface area contributed by atoms with E-state index in [9.17, 15) is 4.79 Å². The number of hydrogen-bond acceptors (Lipinski definition) is 4. The van der Waals surface area contributed by atoms with Crippen molar-refractivity contribution in [3.8, 4) is 23.0 Å². The maximum absolute atomic E-state index is 12.3. The third kappa shape index (κ3) is 4.66. The summed E-state index contributed by atoms with van der Waals surface area (Å²) < 4.78 is 0. The average Bonchev–Trinajstić information content (AvgIpc) is 2.83. The van der Waals surface area contributed by atoms with Crippen LogP contribution < -0.4 is 10.6 Å². The maximum Gasteiger partial charge on any atom is 0.242 e. The predicted molar refractivity (Wildman–Crippen MR) is 129 cm³/mol. The number of hydrogen-bond donors (Lipinski definition) is 2. The molecule has 0 saturated carbocycles. The summed E-state index contributed by atoms with van der Waals surface area (Å²) in [4.78, 5) is 21.3. The van der Waals surface area contributed by atoms with E-state index in [1.165, 1.54) is 5.56 Å². The molecule has 2 aromatic carbocycles. The minimum atomic E-state index is -0.330. The van der Waals surface area contributed by atoms with Crippen molar-refractivity contribution in [1.29, 1.82) is 0 Å². The molecule has 4 aromatic rings. The fourth-order valence-corrected chi connectivity index (χ4v) is 3.33. The number of nitrogens with one attached hydrogen (secondary N) is 2. The van der Waals surface area contributed by atoms with Crippen molar-refractivity contribution in [2.45, 2.75) is 19.9 Å². The van der Waals surface area contributed by atoms with E-state index in [1.54, 1.807) is 20.2 Å². The normalized spacial score (nSPS) is 11.5. The molecule has 1 unspecified atom stereocenters. The first kappa shape index (κ1) is 21.2. The van der Waals surface area contributed by atoms with Gasteiger partial charge in [-0.1, -0.05) is 41.8 Å². The van der Waals surface area contributed by atoms with E-state index in [1.807, 2.05) is 67.7 Å². The van der Waals surface area contributed by atoms with Crippen molar-refractivity contribution in [1.82, 2.24) is 15.3 Å². The highest BCUT2D eigenvalue weighted by Gasteiger charge is 2.14. The van der Waals surface area contributed by atoms with Gasteiger partial charge in [0, 0.05) is 28.9 Å². The zero-order chi connectivity index (χ0) is 22.5. The summed E-state index contributed by atoms with van der Waals surface area (Å²) in [5.41, 5.74) is 4.61. The lowest BCUT2D eigenvalue weighted by Crippen LogP contribution is -2.35. The molecule has 158 valence electrons. The Balaban J connectivity index is 1.82. The minimum absolute atomic E-state index is 0.151. The third-order valence-corrected chi connectivity index (χ3v) is 5.32. The number of aromatic nitrogens is 2. The molecule has 0 aliphatic heterocycles. The molecular weight excluding hydrogens is 396 g/mol. The van der Waals surface area contributed by atoms with Crippen molar-refractivity contribution in [3.05, 3.63) is 89.9 Å². The Morgan fingerprint density at radius 2 is 1.78 bits per heavy atom. The van der Waals surface area contributed by atoms with Crippen molar-refractivity contribution in [3.63, 3.8) is 0 Å². The molecule has 0 aliphatic carbocycles. The van der Waals surface area contributed by atoms with Gasteiger partial charge in [0.25, 0.3) is 0 Å². The van der Waals surface area contributed by atoms with E-state index in [-0.39, 0.29) is 11.9 Å². The molecule has 2 N–H and O–H groups in total. The molecule has 0 spiro atoms. The lowest BCUT2D eigenvalue weighted by molar-refractivity contribution is -0.117. The maximum atomic E-state index is 12.3. The van der Waals surface area contributed by atoms with E-state index in [0.717, 1.165) is 27.5 Å². The predicted octanol–water partition coefficient (Wildman–Crippen LogP) is 4.55. The molecule has 1 atom stereocenters. The van der Waals surface area contributed by atoms with Crippen molar-refractivity contribution in [2.24, 2.45) is 0 Å². The topological polar surface area (TPSA) is 66.9 Å². The van der Waals surface area contributed by atoms with Crippen LogP contribution in [-0.4, -0.2) is 29.0 Å². The van der Waals surface area contributed by atoms with Gasteiger partial charge in [0.1, 0.15) is 11.5 Å². The van der Waals surface area contributed by atoms with Gasteiger partial charge in [0.15, 0.2) is 0 Å². The Hall–Kier alpha value is -4.01. The Bertz CT molecular complexity index is 1330. The summed E-state index contributed by atoms with van der Waals surface area (Å²) >= 11 is 0. The van der Waals surface area contributed by atoms with Gasteiger partial charge < -0.3 is 10.6 Å². The molecule has 1 amide bonds. The van der Waals surface area contributed by atoms with Crippen molar-refractivity contribution >= 4 is 22.5 Å². The first-order valence-electron chi connectivity index (χ1n) is 10.5. The summed E-state index contributed by atoms with van der Waals surface area (Å²) in [6.45, 7) is 3.84. The highest BCUT2D eigenvalue weighted by Crippen LogP contribution is 2.30. The number of aryl methyl sites for hydroxylation is 1. The molecule has 4 rings (SSSR count). The summed E-state index contributed by atoms with van der Waals surface area (Å²) in [5, 5.41) is 7.92. The van der Waals surface area contributed by atoms with Crippen LogP contribution in [0.1, 0.15) is 23.7 Å². The molecule has 2 aromatic heterocycles. The molecule has 0 saturated heterocycles. The number of fused-ring (bicyclic) bond motifs is 1. The Labute approximate surface area is 187 Å². The van der Waals surface area contributed by atoms with E-state index >= 15 is 0 Å². The van der Waals surface area contributed by atoms with Gasteiger partial charge in [-0.15, -0.1) is 0 Å². The van der Waals surface area contributed by atoms with Crippen LogP contribution in [0.15, 0.2) is 73.1 Å². The second kappa shape index (κ2) is 9.42. The summed E-state index contributed by atoms with van der Waals surface area (Å²) in [5.74, 6) is 6.75. The Kier molecular flexibility index (Phi) is 6.25. The smallest absolute Gasteiger partial charge is 0.242 e. The number of nitrogens with zero attached hydrogens (tertiary/aromatic N) is 2. The summed E-state index contributed by atoms with van der Waals surface area (Å²) in [6.07, 6.45) is 3.63. The number of pyridine rings is 2. The molecule has 0 bridgehead atoms. The van der Waals surface area contributed by atoms with E-state index in [0.29, 0.717) is 11.5 Å². The van der Waals surface area contributed by atoms with Gasteiger partial charge in [-0.3, -0.25) is 9.78 Å². The van der Waals surface area contributed by atoms with Crippen LogP contribution in [0.25, 0.3) is 21.9 Å². The SMILES string of the molecule is CNC(C)C(=O)Nc1ccc(-c2cccc3cnccc23)c(C#Cc2ccc(C)cc2)n1. The number of rotatable bonds is 4. The Morgan fingerprint density at radius 1 is 0.969 bits per heavy atom. The lowest BCUT2D eigenvalue weighted by atomic mass is 9.98. The number of amides is 1. The van der Waals surface area contributed by atoms with E-state index < -0.39 is 0 Å². The standard InChI is InChI=1S/C27H24N4O/c1-18-7-9-20(10-8-18)11-13-25-24(12-14-26(30-25)31-27(32)19(2)28-3)23-6-4-5-21-17-29-16-15-22(21)23/h4-10,12,14-17,19,28H,1-3H3,(H,30,31,32). The van der Waals surface area contributed by atoms with Crippen LogP contribution in [-0.2, 0) is 4.79 Å². The fourth-order valence-electron chi connectivity index (χ4n) is 3.33. The van der Waals surface area contributed by atoms with Crippen molar-refractivity contribution < 1.29 is 4.79 Å². The molecule has 0 radical (unpaired) electrons. The van der Waals surface area contributed by atoms with Crippen LogP contribution in [0.3, 0.4) is 0 Å². The van der Waals surface area contributed by atoms with E-state index in [4.69, 9.17) is 4.98 Å². The van der Waals surface area contributed by atoms with Crippen LogP contribution in [0, 0.1) is 18.8 Å². The van der Waals surface area contributed by atoms with Gasteiger partial charge in [-0.2, -0.15) is 0 Å². The van der Waals surface area contributed by atoms with Gasteiger partial charge >= 0.3 is 0 Å². The van der Waals surface area contributed by atoms with Gasteiger partial charge in [-0.05, 0) is 68.1 Å². The van der Waals surface area contributed by atoms with Crippen LogP contribution in [0.4, 0.5) is 5.82 Å². The summed E-state index contributed by atoms with van der Waals surface area (Å²) in [6, 6.07) is 19.6. The van der Waals surface area contributed by atoms with Crippen LogP contribution >= 0.6 is 0 Å². The van der Waals surface area contributed by atoms with Crippen LogP contribution in [0.2, 0.25) is 0 Å². The minimum Gasteiger partial charge on any atom is -0.309 e. The number of carbonyl (C=O) groups is 1. The third-order valence-electron chi connectivity index (χ3n) is 5.32. The quantitative estimate of drug-likeness (QED) is 0.475. The number of anilines is 1. The molecule has 0 aliphatic rings. The molecular formula is C27H24N4O. The number of likely N-dealkylation sites (N-methyl/N-ethyl adjacent to an activating group) is 1. The molecule has 5 nitrogen and oxygen atoms in total. The van der Waals surface area contributed by atoms with Gasteiger partial charge in [-0.25, -0.2) is 4.98 Å². The van der Waals surface area contributed by atoms with Gasteiger partial charge in [0.2, 0.25) is 5.91 Å². The zero-order valence-electron chi connectivity index (χ0n) is 18.3. The first-order chi connectivity index (χ1) is 15.5. The largest absolute Gasteiger partial charge is 0.309 e.